The molecule has 0 heterocycles. The van der Waals surface area contributed by atoms with Crippen molar-refractivity contribution in [3.8, 4) is 18.4 Å². The maximum atomic E-state index is 8.42. The Hall–Kier alpha value is -1.03. The largest absolute Gasteiger partial charge is 0.383 e. The molecular formula is C10H16N2O. The summed E-state index contributed by atoms with van der Waals surface area (Å²) in [7, 11) is 1.67. The summed E-state index contributed by atoms with van der Waals surface area (Å²) in [6.45, 7) is 3.17. The number of hydrogen-bond donors (Lipinski definition) is 0. The third-order valence-electron chi connectivity index (χ3n) is 1.72. The fourth-order valence-corrected chi connectivity index (χ4v) is 0.987. The second-order valence-corrected chi connectivity index (χ2v) is 2.70. The lowest BCUT2D eigenvalue weighted by Crippen LogP contribution is -2.29. The second-order valence-electron chi connectivity index (χ2n) is 2.70. The first-order chi connectivity index (χ1) is 6.35. The number of rotatable bonds is 7. The number of nitriles is 1. The molecule has 0 aliphatic rings. The fourth-order valence-electron chi connectivity index (χ4n) is 0.987. The summed E-state index contributed by atoms with van der Waals surface area (Å²) in [4.78, 5) is 2.15. The lowest BCUT2D eigenvalue weighted by atomic mass is 10.3. The summed E-state index contributed by atoms with van der Waals surface area (Å²) in [6.07, 6.45) is 6.44. The molecule has 0 aliphatic carbocycles. The second kappa shape index (κ2) is 9.06. The van der Waals surface area contributed by atoms with E-state index in [1.807, 2.05) is 0 Å². The van der Waals surface area contributed by atoms with Crippen LogP contribution in [0.25, 0.3) is 0 Å². The molecule has 0 rings (SSSR count). The maximum Gasteiger partial charge on any atom is 0.0635 e. The molecule has 0 amide bonds. The third kappa shape index (κ3) is 7.33. The minimum Gasteiger partial charge on any atom is -0.383 e. The summed E-state index contributed by atoms with van der Waals surface area (Å²) >= 11 is 0. The van der Waals surface area contributed by atoms with E-state index in [0.29, 0.717) is 13.0 Å². The molecule has 0 aromatic carbocycles. The molecule has 0 aromatic rings. The third-order valence-corrected chi connectivity index (χ3v) is 1.72. The zero-order chi connectivity index (χ0) is 9.94. The number of methoxy groups -OCH3 is 1. The van der Waals surface area contributed by atoms with Crippen LogP contribution in [0, 0.1) is 23.7 Å². The maximum absolute atomic E-state index is 8.42. The summed E-state index contributed by atoms with van der Waals surface area (Å²) in [5.74, 6) is 2.59. The monoisotopic (exact) mass is 180 g/mol. The smallest absolute Gasteiger partial charge is 0.0635 e. The highest BCUT2D eigenvalue weighted by molar-refractivity contribution is 4.85. The van der Waals surface area contributed by atoms with Gasteiger partial charge in [-0.05, 0) is 0 Å². The van der Waals surface area contributed by atoms with E-state index in [4.69, 9.17) is 16.4 Å². The van der Waals surface area contributed by atoms with E-state index in [9.17, 15) is 0 Å². The van der Waals surface area contributed by atoms with Gasteiger partial charge in [0.15, 0.2) is 0 Å². The lowest BCUT2D eigenvalue weighted by molar-refractivity contribution is 0.150. The van der Waals surface area contributed by atoms with E-state index in [-0.39, 0.29) is 0 Å². The van der Waals surface area contributed by atoms with Gasteiger partial charge in [0, 0.05) is 39.6 Å². The van der Waals surface area contributed by atoms with Crippen LogP contribution in [0.1, 0.15) is 12.8 Å². The molecule has 0 saturated carbocycles. The summed E-state index contributed by atoms with van der Waals surface area (Å²) in [6, 6.07) is 2.12. The van der Waals surface area contributed by atoms with Gasteiger partial charge in [0.1, 0.15) is 0 Å². The highest BCUT2D eigenvalue weighted by atomic mass is 16.5. The Kier molecular flexibility index (Phi) is 8.34. The van der Waals surface area contributed by atoms with Crippen molar-refractivity contribution in [2.45, 2.75) is 12.8 Å². The molecule has 0 unspecified atom stereocenters. The van der Waals surface area contributed by atoms with E-state index < -0.39 is 0 Å². The first-order valence-electron chi connectivity index (χ1n) is 4.36. The van der Waals surface area contributed by atoms with E-state index in [1.54, 1.807) is 7.11 Å². The predicted molar refractivity (Wildman–Crippen MR) is 52.0 cm³/mol. The molecule has 0 bridgehead atoms. The standard InChI is InChI=1S/C10H16N2O/c1-3-4-7-12(8-5-6-11)9-10-13-2/h1H,4-5,7-10H2,2H3. The number of nitrogens with zero attached hydrogens (tertiary/aromatic N) is 2. The van der Waals surface area contributed by atoms with Gasteiger partial charge in [0.05, 0.1) is 12.7 Å². The van der Waals surface area contributed by atoms with Crippen LogP contribution in [0.2, 0.25) is 0 Å². The molecule has 0 aliphatic heterocycles. The Morgan fingerprint density at radius 1 is 1.31 bits per heavy atom. The van der Waals surface area contributed by atoms with Gasteiger partial charge in [-0.1, -0.05) is 0 Å². The Morgan fingerprint density at radius 3 is 2.54 bits per heavy atom. The van der Waals surface area contributed by atoms with Crippen LogP contribution >= 0.6 is 0 Å². The van der Waals surface area contributed by atoms with Gasteiger partial charge in [0.2, 0.25) is 0 Å². The quantitative estimate of drug-likeness (QED) is 0.545. The average Bonchev–Trinajstić information content (AvgIpc) is 2.17. The van der Waals surface area contributed by atoms with Crippen LogP contribution in [0.5, 0.6) is 0 Å². The van der Waals surface area contributed by atoms with Crippen molar-refractivity contribution in [2.75, 3.05) is 33.4 Å². The van der Waals surface area contributed by atoms with Crippen molar-refractivity contribution >= 4 is 0 Å². The SMILES string of the molecule is C#CCCN(CCC#N)CCOC. The van der Waals surface area contributed by atoms with Crippen LogP contribution in [-0.4, -0.2) is 38.3 Å². The molecule has 0 aromatic heterocycles. The van der Waals surface area contributed by atoms with Crippen LogP contribution in [0.3, 0.4) is 0 Å². The minimum absolute atomic E-state index is 0.550. The Balaban J connectivity index is 3.62. The van der Waals surface area contributed by atoms with Gasteiger partial charge < -0.3 is 4.74 Å². The van der Waals surface area contributed by atoms with Gasteiger partial charge in [-0.2, -0.15) is 5.26 Å². The molecule has 0 atom stereocenters. The number of hydrogen-bond acceptors (Lipinski definition) is 3. The first-order valence-corrected chi connectivity index (χ1v) is 4.36. The molecule has 0 fully saturated rings. The first kappa shape index (κ1) is 12.0. The van der Waals surface area contributed by atoms with Crippen molar-refractivity contribution in [2.24, 2.45) is 0 Å². The predicted octanol–water partition coefficient (Wildman–Crippen LogP) is 0.872. The van der Waals surface area contributed by atoms with Gasteiger partial charge in [-0.3, -0.25) is 4.90 Å². The molecule has 0 radical (unpaired) electrons. The van der Waals surface area contributed by atoms with Gasteiger partial charge >= 0.3 is 0 Å². The molecule has 3 nitrogen and oxygen atoms in total. The van der Waals surface area contributed by atoms with Crippen molar-refractivity contribution < 1.29 is 4.74 Å². The van der Waals surface area contributed by atoms with Crippen LogP contribution in [-0.2, 0) is 4.74 Å². The zero-order valence-electron chi connectivity index (χ0n) is 8.12. The van der Waals surface area contributed by atoms with E-state index in [0.717, 1.165) is 26.1 Å². The van der Waals surface area contributed by atoms with Crippen molar-refractivity contribution in [1.29, 1.82) is 5.26 Å². The van der Waals surface area contributed by atoms with Crippen molar-refractivity contribution in [3.63, 3.8) is 0 Å². The van der Waals surface area contributed by atoms with E-state index >= 15 is 0 Å². The molecule has 72 valence electrons. The molecular weight excluding hydrogens is 164 g/mol. The summed E-state index contributed by atoms with van der Waals surface area (Å²) in [5, 5.41) is 8.42. The lowest BCUT2D eigenvalue weighted by Gasteiger charge is -2.18. The van der Waals surface area contributed by atoms with E-state index in [1.165, 1.54) is 0 Å². The van der Waals surface area contributed by atoms with Gasteiger partial charge in [-0.25, -0.2) is 0 Å². The Labute approximate surface area is 80.3 Å². The molecule has 0 saturated heterocycles. The number of terminal acetylenes is 1. The fraction of sp³-hybridized carbons (Fsp3) is 0.700. The number of ether oxygens (including phenoxy) is 1. The zero-order valence-corrected chi connectivity index (χ0v) is 8.12. The van der Waals surface area contributed by atoms with Crippen molar-refractivity contribution in [3.05, 3.63) is 0 Å². The highest BCUT2D eigenvalue weighted by Crippen LogP contribution is 1.93. The topological polar surface area (TPSA) is 36.3 Å². The molecule has 0 spiro atoms. The van der Waals surface area contributed by atoms with Crippen molar-refractivity contribution in [1.82, 2.24) is 4.90 Å². The highest BCUT2D eigenvalue weighted by Gasteiger charge is 2.02. The summed E-state index contributed by atoms with van der Waals surface area (Å²) < 4.78 is 4.96. The van der Waals surface area contributed by atoms with Gasteiger partial charge in [0.25, 0.3) is 0 Å². The minimum atomic E-state index is 0.550. The van der Waals surface area contributed by atoms with Gasteiger partial charge in [-0.15, -0.1) is 12.3 Å². The molecule has 0 N–H and O–H groups in total. The molecule has 13 heavy (non-hydrogen) atoms. The Bertz CT molecular complexity index is 172. The Morgan fingerprint density at radius 2 is 2.00 bits per heavy atom. The normalized spacial score (nSPS) is 9.54. The van der Waals surface area contributed by atoms with Crippen LogP contribution in [0.15, 0.2) is 0 Å². The van der Waals surface area contributed by atoms with E-state index in [2.05, 4.69) is 16.9 Å². The van der Waals surface area contributed by atoms with Crippen LogP contribution < -0.4 is 0 Å². The molecule has 3 heteroatoms. The summed E-state index contributed by atoms with van der Waals surface area (Å²) in [5.41, 5.74) is 0. The average molecular weight is 180 g/mol. The van der Waals surface area contributed by atoms with Crippen LogP contribution in [0.4, 0.5) is 0 Å².